The summed E-state index contributed by atoms with van der Waals surface area (Å²) in [6.07, 6.45) is 3.31. The fourth-order valence-corrected chi connectivity index (χ4v) is 3.18. The van der Waals surface area contributed by atoms with E-state index in [4.69, 9.17) is 0 Å². The Bertz CT molecular complexity index is 660. The zero-order valence-corrected chi connectivity index (χ0v) is 16.6. The van der Waals surface area contributed by atoms with Gasteiger partial charge in [-0.2, -0.15) is 0 Å². The lowest BCUT2D eigenvalue weighted by molar-refractivity contribution is -0.153. The van der Waals surface area contributed by atoms with Crippen LogP contribution in [-0.2, 0) is 19.2 Å². The van der Waals surface area contributed by atoms with Crippen LogP contribution in [0.5, 0.6) is 0 Å². The molecule has 1 rings (SSSR count). The van der Waals surface area contributed by atoms with Gasteiger partial charge in [-0.25, -0.2) is 0 Å². The van der Waals surface area contributed by atoms with Crippen LogP contribution in [0.25, 0.3) is 0 Å². The Hall–Kier alpha value is -1.88. The molecule has 1 saturated carbocycles. The van der Waals surface area contributed by atoms with Crippen molar-refractivity contribution in [3.05, 3.63) is 23.3 Å². The molecule has 0 aromatic heterocycles. The monoisotopic (exact) mass is 362 g/mol. The maximum Gasteiger partial charge on any atom is 0.192 e. The van der Waals surface area contributed by atoms with Crippen molar-refractivity contribution in [2.45, 2.75) is 66.4 Å². The molecule has 0 bridgehead atoms. The first-order valence-corrected chi connectivity index (χ1v) is 9.06. The van der Waals surface area contributed by atoms with Crippen LogP contribution >= 0.6 is 0 Å². The Morgan fingerprint density at radius 2 is 1.62 bits per heavy atom. The SMILES string of the molecule is CC(C)=CCC(=O)C1(O)C(=O)C(C(=O)CC(C)C)C(=O)C1CC=C(C)C. The summed E-state index contributed by atoms with van der Waals surface area (Å²) in [6, 6.07) is 0. The molecule has 5 nitrogen and oxygen atoms in total. The van der Waals surface area contributed by atoms with E-state index in [-0.39, 0.29) is 25.2 Å². The van der Waals surface area contributed by atoms with Crippen molar-refractivity contribution in [3.8, 4) is 0 Å². The van der Waals surface area contributed by atoms with E-state index in [0.29, 0.717) is 0 Å². The third kappa shape index (κ3) is 4.64. The van der Waals surface area contributed by atoms with E-state index in [0.717, 1.165) is 11.1 Å². The van der Waals surface area contributed by atoms with Gasteiger partial charge in [0.1, 0.15) is 5.92 Å². The summed E-state index contributed by atoms with van der Waals surface area (Å²) in [6.45, 7) is 10.9. The van der Waals surface area contributed by atoms with Gasteiger partial charge in [0.05, 0.1) is 5.92 Å². The van der Waals surface area contributed by atoms with Gasteiger partial charge in [0, 0.05) is 12.8 Å². The lowest BCUT2D eigenvalue weighted by Gasteiger charge is -2.25. The van der Waals surface area contributed by atoms with Crippen molar-refractivity contribution in [2.24, 2.45) is 17.8 Å². The molecule has 1 aliphatic rings. The van der Waals surface area contributed by atoms with Crippen molar-refractivity contribution in [2.75, 3.05) is 0 Å². The van der Waals surface area contributed by atoms with Gasteiger partial charge >= 0.3 is 0 Å². The van der Waals surface area contributed by atoms with Crippen LogP contribution in [0, 0.1) is 17.8 Å². The highest BCUT2D eigenvalue weighted by atomic mass is 16.3. The van der Waals surface area contributed by atoms with Crippen molar-refractivity contribution < 1.29 is 24.3 Å². The minimum Gasteiger partial charge on any atom is -0.374 e. The lowest BCUT2D eigenvalue weighted by atomic mass is 9.81. The number of hydrogen-bond acceptors (Lipinski definition) is 5. The molecule has 0 aromatic rings. The normalized spacial score (nSPS) is 25.4. The molecule has 3 unspecified atom stereocenters. The van der Waals surface area contributed by atoms with Crippen LogP contribution in [0.4, 0.5) is 0 Å². The van der Waals surface area contributed by atoms with Crippen LogP contribution in [0.15, 0.2) is 23.3 Å². The van der Waals surface area contributed by atoms with Gasteiger partial charge in [-0.15, -0.1) is 0 Å². The van der Waals surface area contributed by atoms with Crippen LogP contribution in [0.1, 0.15) is 60.8 Å². The third-order valence-electron chi connectivity index (χ3n) is 4.58. The number of carbonyl (C=O) groups excluding carboxylic acids is 4. The Morgan fingerprint density at radius 3 is 2.08 bits per heavy atom. The predicted octanol–water partition coefficient (Wildman–Crippen LogP) is 3.00. The summed E-state index contributed by atoms with van der Waals surface area (Å²) in [5.41, 5.74) is -0.653. The van der Waals surface area contributed by atoms with Gasteiger partial charge in [-0.05, 0) is 40.0 Å². The molecular formula is C21H30O5. The first-order chi connectivity index (χ1) is 11.9. The molecule has 1 aliphatic carbocycles. The molecule has 144 valence electrons. The molecule has 0 aliphatic heterocycles. The molecule has 0 aromatic carbocycles. The summed E-state index contributed by atoms with van der Waals surface area (Å²) in [5, 5.41) is 11.0. The number of carbonyl (C=O) groups is 4. The molecule has 26 heavy (non-hydrogen) atoms. The van der Waals surface area contributed by atoms with Crippen LogP contribution in [0.3, 0.4) is 0 Å². The number of rotatable bonds is 8. The summed E-state index contributed by atoms with van der Waals surface area (Å²) in [7, 11) is 0. The van der Waals surface area contributed by atoms with Crippen molar-refractivity contribution in [3.63, 3.8) is 0 Å². The highest BCUT2D eigenvalue weighted by Gasteiger charge is 2.64. The van der Waals surface area contributed by atoms with Crippen molar-refractivity contribution >= 4 is 23.1 Å². The Labute approximate surface area is 155 Å². The Morgan fingerprint density at radius 1 is 1.08 bits per heavy atom. The second-order valence-corrected chi connectivity index (χ2v) is 8.01. The van der Waals surface area contributed by atoms with Gasteiger partial charge in [0.15, 0.2) is 28.7 Å². The largest absolute Gasteiger partial charge is 0.374 e. The second-order valence-electron chi connectivity index (χ2n) is 8.01. The Balaban J connectivity index is 3.32. The minimum atomic E-state index is -2.42. The second kappa shape index (κ2) is 8.67. The smallest absolute Gasteiger partial charge is 0.192 e. The van der Waals surface area contributed by atoms with Gasteiger partial charge in [0.25, 0.3) is 0 Å². The Kier molecular flexibility index (Phi) is 7.39. The number of hydrogen-bond donors (Lipinski definition) is 1. The minimum absolute atomic E-state index is 0.0191. The van der Waals surface area contributed by atoms with E-state index in [1.54, 1.807) is 26.0 Å². The molecule has 5 heteroatoms. The first kappa shape index (κ1) is 22.2. The van der Waals surface area contributed by atoms with Crippen LogP contribution in [0.2, 0.25) is 0 Å². The van der Waals surface area contributed by atoms with Gasteiger partial charge in [-0.1, -0.05) is 37.1 Å². The number of aliphatic hydroxyl groups is 1. The van der Waals surface area contributed by atoms with E-state index in [1.807, 2.05) is 27.7 Å². The number of ketones is 4. The zero-order valence-electron chi connectivity index (χ0n) is 16.6. The molecule has 0 amide bonds. The average molecular weight is 362 g/mol. The molecule has 0 heterocycles. The van der Waals surface area contributed by atoms with E-state index >= 15 is 0 Å². The fourth-order valence-electron chi connectivity index (χ4n) is 3.18. The third-order valence-corrected chi connectivity index (χ3v) is 4.58. The zero-order chi connectivity index (χ0) is 20.2. The van der Waals surface area contributed by atoms with E-state index in [2.05, 4.69) is 0 Å². The molecular weight excluding hydrogens is 332 g/mol. The van der Waals surface area contributed by atoms with E-state index in [1.165, 1.54) is 0 Å². The first-order valence-electron chi connectivity index (χ1n) is 9.06. The summed E-state index contributed by atoms with van der Waals surface area (Å²) in [4.78, 5) is 50.8. The molecule has 1 fully saturated rings. The molecule has 3 atom stereocenters. The van der Waals surface area contributed by atoms with E-state index in [9.17, 15) is 24.3 Å². The van der Waals surface area contributed by atoms with Crippen molar-refractivity contribution in [1.82, 2.24) is 0 Å². The summed E-state index contributed by atoms with van der Waals surface area (Å²) < 4.78 is 0. The summed E-state index contributed by atoms with van der Waals surface area (Å²) >= 11 is 0. The van der Waals surface area contributed by atoms with Gasteiger partial charge in [0.2, 0.25) is 0 Å². The molecule has 1 N–H and O–H groups in total. The fraction of sp³-hybridized carbons (Fsp3) is 0.619. The standard InChI is InChI=1S/C21H30O5/c1-12(2)7-9-15-19(24)18(16(22)11-14(5)6)20(25)21(15,26)17(23)10-8-13(3)4/h7-8,14-15,18,26H,9-11H2,1-6H3. The molecule has 0 spiro atoms. The number of allylic oxidation sites excluding steroid dienone is 4. The number of Topliss-reactive ketones (excluding diaryl/α,β-unsaturated/α-hetero) is 4. The maximum absolute atomic E-state index is 12.8. The topological polar surface area (TPSA) is 88.5 Å². The van der Waals surface area contributed by atoms with Gasteiger partial charge in [-0.3, -0.25) is 19.2 Å². The van der Waals surface area contributed by atoms with E-state index < -0.39 is 40.6 Å². The highest BCUT2D eigenvalue weighted by Crippen LogP contribution is 2.39. The molecule has 0 radical (unpaired) electrons. The summed E-state index contributed by atoms with van der Waals surface area (Å²) in [5.74, 6) is -5.57. The molecule has 0 saturated heterocycles. The lowest BCUT2D eigenvalue weighted by Crippen LogP contribution is -2.49. The maximum atomic E-state index is 12.8. The quantitative estimate of drug-likeness (QED) is 0.530. The van der Waals surface area contributed by atoms with Crippen LogP contribution < -0.4 is 0 Å². The van der Waals surface area contributed by atoms with Crippen LogP contribution in [-0.4, -0.2) is 33.8 Å². The predicted molar refractivity (Wildman–Crippen MR) is 99.5 cm³/mol. The van der Waals surface area contributed by atoms with Crippen molar-refractivity contribution in [1.29, 1.82) is 0 Å². The highest BCUT2D eigenvalue weighted by molar-refractivity contribution is 6.33. The average Bonchev–Trinajstić information content (AvgIpc) is 2.69. The van der Waals surface area contributed by atoms with Gasteiger partial charge < -0.3 is 5.11 Å².